The van der Waals surface area contributed by atoms with Gasteiger partial charge in [0.25, 0.3) is 5.56 Å². The van der Waals surface area contributed by atoms with E-state index in [1.165, 1.54) is 10.5 Å². The summed E-state index contributed by atoms with van der Waals surface area (Å²) in [5.74, 6) is 1.37. The Hall–Kier alpha value is -2.07. The van der Waals surface area contributed by atoms with Gasteiger partial charge >= 0.3 is 0 Å². The third-order valence-electron chi connectivity index (χ3n) is 3.44. The smallest absolute Gasteiger partial charge is 0.258 e. The van der Waals surface area contributed by atoms with Gasteiger partial charge in [-0.25, -0.2) is 4.98 Å². The van der Waals surface area contributed by atoms with E-state index in [-0.39, 0.29) is 5.56 Å². The van der Waals surface area contributed by atoms with Crippen LogP contribution in [0.15, 0.2) is 52.2 Å². The number of hydrogen-bond donors (Lipinski definition) is 1. The highest BCUT2D eigenvalue weighted by molar-refractivity contribution is 7.98. The maximum absolute atomic E-state index is 12.1. The van der Waals surface area contributed by atoms with Gasteiger partial charge in [0.1, 0.15) is 5.82 Å². The van der Waals surface area contributed by atoms with Crippen molar-refractivity contribution in [2.75, 3.05) is 0 Å². The number of aromatic amines is 1. The number of fused-ring (bicyclic) bond motifs is 1. The summed E-state index contributed by atoms with van der Waals surface area (Å²) < 4.78 is 0. The van der Waals surface area contributed by atoms with Gasteiger partial charge in [-0.15, -0.1) is 11.8 Å². The molecule has 0 unspecified atom stereocenters. The highest BCUT2D eigenvalue weighted by Crippen LogP contribution is 2.24. The van der Waals surface area contributed by atoms with Crippen LogP contribution in [0.3, 0.4) is 0 Å². The van der Waals surface area contributed by atoms with Crippen LogP contribution in [0.5, 0.6) is 0 Å². The normalized spacial score (nSPS) is 11.0. The van der Waals surface area contributed by atoms with Gasteiger partial charge in [-0.2, -0.15) is 0 Å². The summed E-state index contributed by atoms with van der Waals surface area (Å²) >= 11 is 1.69. The van der Waals surface area contributed by atoms with E-state index in [1.54, 1.807) is 11.8 Å². The second-order valence-electron chi connectivity index (χ2n) is 5.04. The van der Waals surface area contributed by atoms with Crippen molar-refractivity contribution in [1.82, 2.24) is 9.97 Å². The summed E-state index contributed by atoms with van der Waals surface area (Å²) in [6.45, 7) is 4.07. The summed E-state index contributed by atoms with van der Waals surface area (Å²) in [7, 11) is 0. The monoisotopic (exact) mass is 296 g/mol. The molecule has 0 spiro atoms. The summed E-state index contributed by atoms with van der Waals surface area (Å²) in [6, 6.07) is 13.9. The maximum atomic E-state index is 12.1. The van der Waals surface area contributed by atoms with E-state index in [2.05, 4.69) is 29.0 Å². The lowest BCUT2D eigenvalue weighted by atomic mass is 10.1. The summed E-state index contributed by atoms with van der Waals surface area (Å²) in [4.78, 5) is 20.8. The van der Waals surface area contributed by atoms with Gasteiger partial charge in [-0.1, -0.05) is 30.3 Å². The molecule has 0 fully saturated rings. The molecule has 1 N–H and O–H groups in total. The predicted molar refractivity (Wildman–Crippen MR) is 87.8 cm³/mol. The van der Waals surface area contributed by atoms with Crippen molar-refractivity contribution in [3.05, 3.63) is 69.8 Å². The molecule has 4 heteroatoms. The first-order valence-electron chi connectivity index (χ1n) is 6.82. The van der Waals surface area contributed by atoms with Crippen LogP contribution in [-0.4, -0.2) is 9.97 Å². The molecule has 21 heavy (non-hydrogen) atoms. The number of hydrogen-bond acceptors (Lipinski definition) is 3. The van der Waals surface area contributed by atoms with Crippen LogP contribution in [0.1, 0.15) is 17.0 Å². The van der Waals surface area contributed by atoms with E-state index in [4.69, 9.17) is 0 Å². The Morgan fingerprint density at radius 3 is 2.62 bits per heavy atom. The fraction of sp³-hybridized carbons (Fsp3) is 0.176. The van der Waals surface area contributed by atoms with Crippen molar-refractivity contribution in [2.45, 2.75) is 24.5 Å². The molecule has 0 saturated carbocycles. The number of H-pyrrole nitrogens is 1. The van der Waals surface area contributed by atoms with Gasteiger partial charge in [0.2, 0.25) is 0 Å². The number of nitrogens with zero attached hydrogens (tertiary/aromatic N) is 1. The zero-order valence-electron chi connectivity index (χ0n) is 12.0. The second-order valence-corrected chi connectivity index (χ2v) is 6.06. The molecule has 1 aromatic heterocycles. The molecule has 106 valence electrons. The number of rotatable bonds is 3. The molecule has 0 aliphatic heterocycles. The van der Waals surface area contributed by atoms with Crippen molar-refractivity contribution < 1.29 is 0 Å². The fourth-order valence-electron chi connectivity index (χ4n) is 2.28. The Bertz CT molecular complexity index is 855. The van der Waals surface area contributed by atoms with E-state index < -0.39 is 0 Å². The minimum absolute atomic E-state index is 0.0657. The molecule has 3 rings (SSSR count). The number of para-hydroxylation sites is 1. The van der Waals surface area contributed by atoms with Gasteiger partial charge in [-0.3, -0.25) is 4.79 Å². The van der Waals surface area contributed by atoms with Gasteiger partial charge < -0.3 is 4.98 Å². The molecule has 1 heterocycles. The number of thioether (sulfide) groups is 1. The molecular weight excluding hydrogens is 280 g/mol. The number of aromatic nitrogens is 2. The molecule has 0 amide bonds. The van der Waals surface area contributed by atoms with E-state index >= 15 is 0 Å². The average molecular weight is 296 g/mol. The van der Waals surface area contributed by atoms with Crippen molar-refractivity contribution in [3.63, 3.8) is 0 Å². The highest BCUT2D eigenvalue weighted by Gasteiger charge is 2.07. The lowest BCUT2D eigenvalue weighted by Gasteiger charge is -2.06. The van der Waals surface area contributed by atoms with Crippen LogP contribution in [0.25, 0.3) is 10.9 Å². The first-order valence-corrected chi connectivity index (χ1v) is 7.80. The van der Waals surface area contributed by atoms with Gasteiger partial charge in [0.15, 0.2) is 0 Å². The molecule has 0 aliphatic carbocycles. The number of aryl methyl sites for hydroxylation is 2. The van der Waals surface area contributed by atoms with Gasteiger partial charge in [0.05, 0.1) is 16.7 Å². The molecular formula is C17H16N2OS. The molecule has 0 bridgehead atoms. The first kappa shape index (κ1) is 13.9. The summed E-state index contributed by atoms with van der Waals surface area (Å²) in [5.41, 5.74) is 2.99. The molecule has 0 saturated heterocycles. The zero-order valence-corrected chi connectivity index (χ0v) is 12.8. The molecule has 0 aliphatic rings. The van der Waals surface area contributed by atoms with Crippen molar-refractivity contribution >= 4 is 22.7 Å². The Kier molecular flexibility index (Phi) is 3.80. The predicted octanol–water partition coefficient (Wildman–Crippen LogP) is 3.83. The molecule has 0 radical (unpaired) electrons. The van der Waals surface area contributed by atoms with E-state index in [9.17, 15) is 4.79 Å². The Labute approximate surface area is 127 Å². The Morgan fingerprint density at radius 1 is 1.05 bits per heavy atom. The quantitative estimate of drug-likeness (QED) is 0.747. The summed E-state index contributed by atoms with van der Waals surface area (Å²) in [6.07, 6.45) is 0. The van der Waals surface area contributed by atoms with E-state index in [1.807, 2.05) is 37.3 Å². The van der Waals surface area contributed by atoms with Crippen molar-refractivity contribution in [1.29, 1.82) is 0 Å². The van der Waals surface area contributed by atoms with Gasteiger partial charge in [-0.05, 0) is 37.1 Å². The van der Waals surface area contributed by atoms with Crippen LogP contribution in [0.4, 0.5) is 0 Å². The van der Waals surface area contributed by atoms with Crippen molar-refractivity contribution in [2.24, 2.45) is 0 Å². The standard InChI is InChI=1S/C17H16N2OS/c1-11-6-3-4-9-14(11)21-10-15-18-16-12(2)7-5-8-13(16)17(20)19-15/h3-9H,10H2,1-2H3,(H,18,19,20). The molecule has 3 aromatic rings. The summed E-state index contributed by atoms with van der Waals surface area (Å²) in [5, 5.41) is 0.652. The Balaban J connectivity index is 1.93. The van der Waals surface area contributed by atoms with Crippen LogP contribution in [0, 0.1) is 13.8 Å². The Morgan fingerprint density at radius 2 is 1.81 bits per heavy atom. The van der Waals surface area contributed by atoms with Crippen molar-refractivity contribution in [3.8, 4) is 0 Å². The molecule has 3 nitrogen and oxygen atoms in total. The third-order valence-corrected chi connectivity index (χ3v) is 4.63. The van der Waals surface area contributed by atoms with Crippen LogP contribution < -0.4 is 5.56 Å². The number of nitrogens with one attached hydrogen (secondary N) is 1. The minimum Gasteiger partial charge on any atom is -0.309 e. The highest BCUT2D eigenvalue weighted by atomic mass is 32.2. The zero-order chi connectivity index (χ0) is 14.8. The maximum Gasteiger partial charge on any atom is 0.258 e. The van der Waals surface area contributed by atoms with E-state index in [0.717, 1.165) is 16.9 Å². The topological polar surface area (TPSA) is 45.8 Å². The molecule has 0 atom stereocenters. The van der Waals surface area contributed by atoms with Crippen LogP contribution >= 0.6 is 11.8 Å². The largest absolute Gasteiger partial charge is 0.309 e. The van der Waals surface area contributed by atoms with Gasteiger partial charge in [0, 0.05) is 4.90 Å². The minimum atomic E-state index is -0.0657. The average Bonchev–Trinajstić information content (AvgIpc) is 2.48. The second kappa shape index (κ2) is 5.74. The molecule has 2 aromatic carbocycles. The van der Waals surface area contributed by atoms with E-state index in [0.29, 0.717) is 11.1 Å². The third kappa shape index (κ3) is 2.85. The SMILES string of the molecule is Cc1ccccc1SCc1nc2c(C)cccc2c(=O)[nH]1. The lowest BCUT2D eigenvalue weighted by molar-refractivity contribution is 1.03. The fourth-order valence-corrected chi connectivity index (χ4v) is 3.18. The van der Waals surface area contributed by atoms with Crippen LogP contribution in [-0.2, 0) is 5.75 Å². The van der Waals surface area contributed by atoms with Crippen LogP contribution in [0.2, 0.25) is 0 Å². The lowest BCUT2D eigenvalue weighted by Crippen LogP contribution is -2.11. The number of benzene rings is 2. The first-order chi connectivity index (χ1) is 10.1.